The second-order valence-corrected chi connectivity index (χ2v) is 5.35. The first kappa shape index (κ1) is 17.2. The standard InChI is InChI=1S/C16H24N2O3/c1-5-16(17,6-2)15(20)18-13-9-7-12(8-10-13)14(19)21-11(3)4/h7-11H,5-6,17H2,1-4H3,(H,18,20). The number of amides is 1. The van der Waals surface area contributed by atoms with Gasteiger partial charge in [0.1, 0.15) is 0 Å². The van der Waals surface area contributed by atoms with Crippen molar-refractivity contribution >= 4 is 17.6 Å². The van der Waals surface area contributed by atoms with E-state index in [1.807, 2.05) is 13.8 Å². The molecule has 0 saturated carbocycles. The highest BCUT2D eigenvalue weighted by atomic mass is 16.5. The molecule has 116 valence electrons. The lowest BCUT2D eigenvalue weighted by atomic mass is 9.93. The summed E-state index contributed by atoms with van der Waals surface area (Å²) in [5, 5.41) is 2.78. The van der Waals surface area contributed by atoms with E-state index in [4.69, 9.17) is 10.5 Å². The van der Waals surface area contributed by atoms with Gasteiger partial charge in [-0.3, -0.25) is 4.79 Å². The molecule has 0 bridgehead atoms. The van der Waals surface area contributed by atoms with Crippen LogP contribution in [0.3, 0.4) is 0 Å². The maximum Gasteiger partial charge on any atom is 0.338 e. The number of carbonyl (C=O) groups is 2. The van der Waals surface area contributed by atoms with Crippen LogP contribution in [0.25, 0.3) is 0 Å². The summed E-state index contributed by atoms with van der Waals surface area (Å²) in [6.45, 7) is 7.36. The van der Waals surface area contributed by atoms with Crippen LogP contribution >= 0.6 is 0 Å². The van der Waals surface area contributed by atoms with E-state index in [0.717, 1.165) is 0 Å². The third-order valence-corrected chi connectivity index (χ3v) is 3.44. The number of carbonyl (C=O) groups excluding carboxylic acids is 2. The average Bonchev–Trinajstić information content (AvgIpc) is 2.46. The Morgan fingerprint density at radius 1 is 1.19 bits per heavy atom. The molecule has 5 heteroatoms. The zero-order valence-electron chi connectivity index (χ0n) is 13.1. The van der Waals surface area contributed by atoms with E-state index in [1.54, 1.807) is 38.1 Å². The topological polar surface area (TPSA) is 81.4 Å². The smallest absolute Gasteiger partial charge is 0.338 e. The third-order valence-electron chi connectivity index (χ3n) is 3.44. The van der Waals surface area contributed by atoms with Crippen molar-refractivity contribution in [1.29, 1.82) is 0 Å². The van der Waals surface area contributed by atoms with Crippen LogP contribution in [-0.2, 0) is 9.53 Å². The second kappa shape index (κ2) is 7.22. The van der Waals surface area contributed by atoms with Gasteiger partial charge >= 0.3 is 5.97 Å². The van der Waals surface area contributed by atoms with Gasteiger partial charge in [0, 0.05) is 5.69 Å². The Labute approximate surface area is 125 Å². The van der Waals surface area contributed by atoms with E-state index in [9.17, 15) is 9.59 Å². The molecule has 5 nitrogen and oxygen atoms in total. The first-order valence-corrected chi connectivity index (χ1v) is 7.23. The number of rotatable bonds is 6. The highest BCUT2D eigenvalue weighted by molar-refractivity contribution is 5.98. The predicted octanol–water partition coefficient (Wildman–Crippen LogP) is 2.71. The number of benzene rings is 1. The molecule has 0 aromatic heterocycles. The molecule has 0 aliphatic carbocycles. The number of ether oxygens (including phenoxy) is 1. The van der Waals surface area contributed by atoms with Crippen molar-refractivity contribution in [2.75, 3.05) is 5.32 Å². The molecule has 1 aromatic carbocycles. The van der Waals surface area contributed by atoms with Crippen molar-refractivity contribution in [1.82, 2.24) is 0 Å². The van der Waals surface area contributed by atoms with Crippen molar-refractivity contribution in [2.45, 2.75) is 52.2 Å². The van der Waals surface area contributed by atoms with Crippen LogP contribution in [0.2, 0.25) is 0 Å². The van der Waals surface area contributed by atoms with Crippen LogP contribution in [0.15, 0.2) is 24.3 Å². The Morgan fingerprint density at radius 2 is 1.71 bits per heavy atom. The van der Waals surface area contributed by atoms with Crippen molar-refractivity contribution in [3.8, 4) is 0 Å². The summed E-state index contributed by atoms with van der Waals surface area (Å²) in [4.78, 5) is 23.8. The molecule has 0 fully saturated rings. The summed E-state index contributed by atoms with van der Waals surface area (Å²) >= 11 is 0. The molecule has 0 atom stereocenters. The molecule has 0 heterocycles. The number of esters is 1. The fourth-order valence-electron chi connectivity index (χ4n) is 1.80. The Kier molecular flexibility index (Phi) is 5.90. The van der Waals surface area contributed by atoms with Crippen molar-refractivity contribution in [3.63, 3.8) is 0 Å². The van der Waals surface area contributed by atoms with E-state index in [-0.39, 0.29) is 18.0 Å². The van der Waals surface area contributed by atoms with E-state index in [1.165, 1.54) is 0 Å². The molecule has 1 aromatic rings. The zero-order valence-corrected chi connectivity index (χ0v) is 13.1. The van der Waals surface area contributed by atoms with Crippen molar-refractivity contribution < 1.29 is 14.3 Å². The van der Waals surface area contributed by atoms with Gasteiger partial charge in [0.05, 0.1) is 17.2 Å². The molecule has 0 aliphatic rings. The van der Waals surface area contributed by atoms with E-state index in [0.29, 0.717) is 24.1 Å². The molecular weight excluding hydrogens is 268 g/mol. The highest BCUT2D eigenvalue weighted by Crippen LogP contribution is 2.16. The summed E-state index contributed by atoms with van der Waals surface area (Å²) in [7, 11) is 0. The summed E-state index contributed by atoms with van der Waals surface area (Å²) < 4.78 is 5.10. The number of hydrogen-bond donors (Lipinski definition) is 2. The van der Waals surface area contributed by atoms with Gasteiger partial charge in [-0.05, 0) is 51.0 Å². The zero-order chi connectivity index (χ0) is 16.0. The third kappa shape index (κ3) is 4.56. The van der Waals surface area contributed by atoms with Crippen LogP contribution in [0.4, 0.5) is 5.69 Å². The fraction of sp³-hybridized carbons (Fsp3) is 0.500. The van der Waals surface area contributed by atoms with Gasteiger partial charge in [0.15, 0.2) is 0 Å². The SMILES string of the molecule is CCC(N)(CC)C(=O)Nc1ccc(C(=O)OC(C)C)cc1. The first-order chi connectivity index (χ1) is 9.82. The maximum atomic E-state index is 12.1. The average molecular weight is 292 g/mol. The second-order valence-electron chi connectivity index (χ2n) is 5.35. The van der Waals surface area contributed by atoms with Crippen LogP contribution in [-0.4, -0.2) is 23.5 Å². The molecule has 0 aliphatic heterocycles. The van der Waals surface area contributed by atoms with Crippen molar-refractivity contribution in [2.24, 2.45) is 5.73 Å². The summed E-state index contributed by atoms with van der Waals surface area (Å²) in [5.41, 5.74) is 6.23. The molecule has 0 spiro atoms. The molecule has 0 saturated heterocycles. The van der Waals surface area contributed by atoms with E-state index < -0.39 is 5.54 Å². The molecule has 3 N–H and O–H groups in total. The molecule has 21 heavy (non-hydrogen) atoms. The molecular formula is C16H24N2O3. The predicted molar refractivity (Wildman–Crippen MR) is 83.1 cm³/mol. The van der Waals surface area contributed by atoms with Crippen LogP contribution < -0.4 is 11.1 Å². The highest BCUT2D eigenvalue weighted by Gasteiger charge is 2.29. The minimum Gasteiger partial charge on any atom is -0.459 e. The van der Waals surface area contributed by atoms with Gasteiger partial charge < -0.3 is 15.8 Å². The van der Waals surface area contributed by atoms with E-state index in [2.05, 4.69) is 5.32 Å². The maximum absolute atomic E-state index is 12.1. The van der Waals surface area contributed by atoms with E-state index >= 15 is 0 Å². The number of nitrogens with two attached hydrogens (primary N) is 1. The molecule has 0 unspecified atom stereocenters. The van der Waals surface area contributed by atoms with Gasteiger partial charge in [0.25, 0.3) is 0 Å². The Bertz CT molecular complexity index is 491. The minimum atomic E-state index is -0.866. The van der Waals surface area contributed by atoms with Gasteiger partial charge in [0.2, 0.25) is 5.91 Å². The van der Waals surface area contributed by atoms with Crippen molar-refractivity contribution in [3.05, 3.63) is 29.8 Å². The summed E-state index contributed by atoms with van der Waals surface area (Å²) in [5.74, 6) is -0.594. The lowest BCUT2D eigenvalue weighted by molar-refractivity contribution is -0.121. The number of anilines is 1. The van der Waals surface area contributed by atoms with Crippen LogP contribution in [0, 0.1) is 0 Å². The van der Waals surface area contributed by atoms with Gasteiger partial charge in [-0.1, -0.05) is 13.8 Å². The molecule has 1 amide bonds. The lowest BCUT2D eigenvalue weighted by Crippen LogP contribution is -2.50. The number of hydrogen-bond acceptors (Lipinski definition) is 4. The molecule has 1 rings (SSSR count). The normalized spacial score (nSPS) is 11.3. The monoisotopic (exact) mass is 292 g/mol. The van der Waals surface area contributed by atoms with Gasteiger partial charge in [-0.2, -0.15) is 0 Å². The largest absolute Gasteiger partial charge is 0.459 e. The summed E-state index contributed by atoms with van der Waals surface area (Å²) in [6, 6.07) is 6.58. The first-order valence-electron chi connectivity index (χ1n) is 7.23. The number of nitrogens with one attached hydrogen (secondary N) is 1. The summed E-state index contributed by atoms with van der Waals surface area (Å²) in [6.07, 6.45) is 0.964. The Balaban J connectivity index is 2.75. The quantitative estimate of drug-likeness (QED) is 0.790. The van der Waals surface area contributed by atoms with Crippen LogP contribution in [0.5, 0.6) is 0 Å². The van der Waals surface area contributed by atoms with Crippen LogP contribution in [0.1, 0.15) is 50.9 Å². The van der Waals surface area contributed by atoms with Gasteiger partial charge in [-0.25, -0.2) is 4.79 Å². The molecule has 0 radical (unpaired) electrons. The van der Waals surface area contributed by atoms with Gasteiger partial charge in [-0.15, -0.1) is 0 Å². The Morgan fingerprint density at radius 3 is 2.14 bits per heavy atom. The Hall–Kier alpha value is -1.88. The fourth-order valence-corrected chi connectivity index (χ4v) is 1.80. The minimum absolute atomic E-state index is 0.163. The lowest BCUT2D eigenvalue weighted by Gasteiger charge is -2.25.